The fourth-order valence-corrected chi connectivity index (χ4v) is 0.776. The Morgan fingerprint density at radius 3 is 2.55 bits per heavy atom. The molecule has 0 radical (unpaired) electrons. The minimum absolute atomic E-state index is 0.0119. The molecule has 0 aliphatic carbocycles. The van der Waals surface area contributed by atoms with Crippen LogP contribution in [0.25, 0.3) is 0 Å². The monoisotopic (exact) mass is 157 g/mol. The van der Waals surface area contributed by atoms with E-state index in [1.54, 1.807) is 6.92 Å². The van der Waals surface area contributed by atoms with Crippen LogP contribution < -0.4 is 0 Å². The molecule has 0 N–H and O–H groups in total. The molecule has 11 heavy (non-hydrogen) atoms. The second-order valence-electron chi connectivity index (χ2n) is 2.36. The van der Waals surface area contributed by atoms with Gasteiger partial charge >= 0.3 is 0 Å². The number of aryl methyl sites for hydroxylation is 1. The summed E-state index contributed by atoms with van der Waals surface area (Å²) in [5, 5.41) is 0. The molecule has 0 saturated carbocycles. The lowest BCUT2D eigenvalue weighted by Crippen LogP contribution is -1.97. The summed E-state index contributed by atoms with van der Waals surface area (Å²) in [6.07, 6.45) is 0.550. The summed E-state index contributed by atoms with van der Waals surface area (Å²) in [7, 11) is 0. The van der Waals surface area contributed by atoms with Gasteiger partial charge in [0.2, 0.25) is 5.95 Å². The SMILES string of the molecule is CCc1cc(F)c(C)c(F)n1. The number of hydrogen-bond acceptors (Lipinski definition) is 1. The Hall–Kier alpha value is -0.990. The Balaban J connectivity index is 3.21. The highest BCUT2D eigenvalue weighted by atomic mass is 19.1. The first-order valence-electron chi connectivity index (χ1n) is 3.46. The molecule has 0 unspecified atom stereocenters. The Morgan fingerprint density at radius 1 is 1.45 bits per heavy atom. The quantitative estimate of drug-likeness (QED) is 0.569. The summed E-state index contributed by atoms with van der Waals surface area (Å²) < 4.78 is 25.4. The molecular formula is C8H9F2N. The number of hydrogen-bond donors (Lipinski definition) is 0. The van der Waals surface area contributed by atoms with Crippen LogP contribution in [0.15, 0.2) is 6.07 Å². The van der Waals surface area contributed by atoms with Crippen molar-refractivity contribution in [3.63, 3.8) is 0 Å². The lowest BCUT2D eigenvalue weighted by molar-refractivity contribution is 0.531. The molecule has 1 aromatic rings. The minimum Gasteiger partial charge on any atom is -0.224 e. The lowest BCUT2D eigenvalue weighted by Gasteiger charge is -2.00. The van der Waals surface area contributed by atoms with Crippen LogP contribution in [-0.2, 0) is 6.42 Å². The van der Waals surface area contributed by atoms with Crippen molar-refractivity contribution >= 4 is 0 Å². The van der Waals surface area contributed by atoms with Crippen LogP contribution in [0.3, 0.4) is 0 Å². The molecule has 0 spiro atoms. The number of halogens is 2. The molecule has 1 aromatic heterocycles. The van der Waals surface area contributed by atoms with Gasteiger partial charge in [0.25, 0.3) is 0 Å². The highest BCUT2D eigenvalue weighted by Crippen LogP contribution is 2.10. The summed E-state index contributed by atoms with van der Waals surface area (Å²) in [6, 6.07) is 1.26. The number of pyridine rings is 1. The van der Waals surface area contributed by atoms with E-state index in [1.165, 1.54) is 13.0 Å². The van der Waals surface area contributed by atoms with Crippen LogP contribution in [0.4, 0.5) is 8.78 Å². The molecule has 0 aliphatic heterocycles. The molecule has 1 rings (SSSR count). The number of rotatable bonds is 1. The van der Waals surface area contributed by atoms with Gasteiger partial charge in [0.1, 0.15) is 5.82 Å². The topological polar surface area (TPSA) is 12.9 Å². The van der Waals surface area contributed by atoms with Gasteiger partial charge in [0.05, 0.1) is 0 Å². The average Bonchev–Trinajstić information content (AvgIpc) is 1.99. The van der Waals surface area contributed by atoms with Crippen LogP contribution >= 0.6 is 0 Å². The van der Waals surface area contributed by atoms with Gasteiger partial charge in [0.15, 0.2) is 0 Å². The Bertz CT molecular complexity index is 248. The summed E-state index contributed by atoms with van der Waals surface area (Å²) in [5.74, 6) is -1.23. The minimum atomic E-state index is -0.707. The molecule has 0 atom stereocenters. The largest absolute Gasteiger partial charge is 0.224 e. The van der Waals surface area contributed by atoms with Crippen molar-refractivity contribution in [1.29, 1.82) is 0 Å². The van der Waals surface area contributed by atoms with Crippen LogP contribution in [0.1, 0.15) is 18.2 Å². The molecule has 60 valence electrons. The van der Waals surface area contributed by atoms with E-state index >= 15 is 0 Å². The fraction of sp³-hybridized carbons (Fsp3) is 0.375. The smallest absolute Gasteiger partial charge is 0.218 e. The summed E-state index contributed by atoms with van der Waals surface area (Å²) in [4.78, 5) is 3.55. The molecule has 1 heterocycles. The molecule has 0 saturated heterocycles. The first-order chi connectivity index (χ1) is 5.15. The maximum Gasteiger partial charge on any atom is 0.218 e. The molecule has 3 heteroatoms. The standard InChI is InChI=1S/C8H9F2N/c1-3-6-4-7(9)5(2)8(10)11-6/h4H,3H2,1-2H3. The zero-order valence-electron chi connectivity index (χ0n) is 6.49. The Kier molecular flexibility index (Phi) is 2.17. The summed E-state index contributed by atoms with van der Waals surface area (Å²) in [5.41, 5.74) is 0.438. The van der Waals surface area contributed by atoms with E-state index in [9.17, 15) is 8.78 Å². The van der Waals surface area contributed by atoms with Crippen LogP contribution in [0.5, 0.6) is 0 Å². The highest BCUT2D eigenvalue weighted by molar-refractivity contribution is 5.16. The van der Waals surface area contributed by atoms with Crippen molar-refractivity contribution in [1.82, 2.24) is 4.98 Å². The van der Waals surface area contributed by atoms with E-state index in [0.29, 0.717) is 12.1 Å². The maximum absolute atomic E-state index is 12.7. The summed E-state index contributed by atoms with van der Waals surface area (Å²) in [6.45, 7) is 3.17. The molecular weight excluding hydrogens is 148 g/mol. The second-order valence-corrected chi connectivity index (χ2v) is 2.36. The summed E-state index contributed by atoms with van der Waals surface area (Å²) >= 11 is 0. The van der Waals surface area contributed by atoms with Crippen molar-refractivity contribution in [3.8, 4) is 0 Å². The van der Waals surface area contributed by atoms with Gasteiger partial charge in [-0.25, -0.2) is 9.37 Å². The first kappa shape index (κ1) is 8.11. The molecule has 0 aliphatic rings. The predicted octanol–water partition coefficient (Wildman–Crippen LogP) is 2.23. The van der Waals surface area contributed by atoms with Gasteiger partial charge in [-0.05, 0) is 19.4 Å². The third kappa shape index (κ3) is 1.53. The third-order valence-electron chi connectivity index (χ3n) is 1.57. The van der Waals surface area contributed by atoms with Crippen molar-refractivity contribution in [3.05, 3.63) is 29.1 Å². The third-order valence-corrected chi connectivity index (χ3v) is 1.57. The van der Waals surface area contributed by atoms with E-state index in [2.05, 4.69) is 4.98 Å². The first-order valence-corrected chi connectivity index (χ1v) is 3.46. The van der Waals surface area contributed by atoms with E-state index in [-0.39, 0.29) is 5.56 Å². The lowest BCUT2D eigenvalue weighted by atomic mass is 10.2. The fourth-order valence-electron chi connectivity index (χ4n) is 0.776. The molecule has 1 nitrogen and oxygen atoms in total. The van der Waals surface area contributed by atoms with Crippen LogP contribution in [0.2, 0.25) is 0 Å². The Morgan fingerprint density at radius 2 is 2.09 bits per heavy atom. The van der Waals surface area contributed by atoms with Crippen LogP contribution in [0, 0.1) is 18.7 Å². The molecule has 0 amide bonds. The second kappa shape index (κ2) is 2.95. The number of nitrogens with zero attached hydrogens (tertiary/aromatic N) is 1. The Labute approximate surface area is 64.1 Å². The van der Waals surface area contributed by atoms with Crippen molar-refractivity contribution < 1.29 is 8.78 Å². The van der Waals surface area contributed by atoms with Gasteiger partial charge in [-0.2, -0.15) is 4.39 Å². The van der Waals surface area contributed by atoms with Crippen LogP contribution in [-0.4, -0.2) is 4.98 Å². The normalized spacial score (nSPS) is 10.2. The highest BCUT2D eigenvalue weighted by Gasteiger charge is 2.06. The van der Waals surface area contributed by atoms with E-state index in [1.807, 2.05) is 0 Å². The van der Waals surface area contributed by atoms with Crippen molar-refractivity contribution in [2.24, 2.45) is 0 Å². The van der Waals surface area contributed by atoms with Gasteiger partial charge in [0, 0.05) is 11.3 Å². The van der Waals surface area contributed by atoms with Crippen molar-refractivity contribution in [2.45, 2.75) is 20.3 Å². The van der Waals surface area contributed by atoms with Crippen molar-refractivity contribution in [2.75, 3.05) is 0 Å². The maximum atomic E-state index is 12.7. The molecule has 0 bridgehead atoms. The van der Waals surface area contributed by atoms with Gasteiger partial charge in [-0.1, -0.05) is 6.92 Å². The van der Waals surface area contributed by atoms with Gasteiger partial charge < -0.3 is 0 Å². The zero-order chi connectivity index (χ0) is 8.43. The molecule has 0 aromatic carbocycles. The van der Waals surface area contributed by atoms with Gasteiger partial charge in [-0.15, -0.1) is 0 Å². The van der Waals surface area contributed by atoms with Gasteiger partial charge in [-0.3, -0.25) is 0 Å². The van der Waals surface area contributed by atoms with E-state index in [4.69, 9.17) is 0 Å². The van der Waals surface area contributed by atoms with E-state index in [0.717, 1.165) is 0 Å². The zero-order valence-corrected chi connectivity index (χ0v) is 6.49. The predicted molar refractivity (Wildman–Crippen MR) is 38.3 cm³/mol. The molecule has 0 fully saturated rings. The number of aromatic nitrogens is 1. The van der Waals surface area contributed by atoms with E-state index < -0.39 is 11.8 Å². The average molecular weight is 157 g/mol.